The third-order valence-corrected chi connectivity index (χ3v) is 4.92. The van der Waals surface area contributed by atoms with Gasteiger partial charge in [-0.3, -0.25) is 0 Å². The zero-order chi connectivity index (χ0) is 17.5. The lowest BCUT2D eigenvalue weighted by molar-refractivity contribution is 0.208. The predicted molar refractivity (Wildman–Crippen MR) is 99.8 cm³/mol. The van der Waals surface area contributed by atoms with Crippen LogP contribution in [-0.2, 0) is 6.42 Å². The van der Waals surface area contributed by atoms with Gasteiger partial charge < -0.3 is 15.4 Å². The first-order chi connectivity index (χ1) is 12.3. The maximum Gasteiger partial charge on any atom is 0.315 e. The number of methoxy groups -OCH3 is 1. The maximum atomic E-state index is 12.3. The second-order valence-electron chi connectivity index (χ2n) is 6.58. The van der Waals surface area contributed by atoms with Crippen LogP contribution in [0.15, 0.2) is 54.6 Å². The molecule has 0 radical (unpaired) electrons. The Labute approximate surface area is 149 Å². The van der Waals surface area contributed by atoms with Crippen LogP contribution in [0.5, 0.6) is 5.75 Å². The average molecular weight is 338 g/mol. The Morgan fingerprint density at radius 2 is 1.84 bits per heavy atom. The number of nitrogens with one attached hydrogen (secondary N) is 2. The molecule has 1 aliphatic rings. The summed E-state index contributed by atoms with van der Waals surface area (Å²) in [6.07, 6.45) is 4.43. The number of ether oxygens (including phenoxy) is 1. The van der Waals surface area contributed by atoms with E-state index in [2.05, 4.69) is 22.8 Å². The van der Waals surface area contributed by atoms with Crippen LogP contribution in [0.2, 0.25) is 0 Å². The van der Waals surface area contributed by atoms with Crippen molar-refractivity contribution < 1.29 is 9.53 Å². The van der Waals surface area contributed by atoms with Crippen molar-refractivity contribution in [2.75, 3.05) is 13.7 Å². The molecule has 1 atom stereocenters. The molecule has 2 aromatic carbocycles. The van der Waals surface area contributed by atoms with Gasteiger partial charge in [0.15, 0.2) is 0 Å². The summed E-state index contributed by atoms with van der Waals surface area (Å²) in [5.74, 6) is 1.40. The van der Waals surface area contributed by atoms with Crippen molar-refractivity contribution in [2.45, 2.75) is 31.7 Å². The summed E-state index contributed by atoms with van der Waals surface area (Å²) in [6.45, 7) is 0.615. The minimum absolute atomic E-state index is 0.0886. The molecule has 25 heavy (non-hydrogen) atoms. The van der Waals surface area contributed by atoms with Crippen LogP contribution in [0.3, 0.4) is 0 Å². The third kappa shape index (κ3) is 4.75. The van der Waals surface area contributed by atoms with Gasteiger partial charge in [0.25, 0.3) is 0 Å². The van der Waals surface area contributed by atoms with Crippen LogP contribution < -0.4 is 15.4 Å². The Morgan fingerprint density at radius 1 is 1.12 bits per heavy atom. The minimum Gasteiger partial charge on any atom is -0.497 e. The second-order valence-corrected chi connectivity index (χ2v) is 6.58. The van der Waals surface area contributed by atoms with Crippen LogP contribution in [0.4, 0.5) is 4.79 Å². The van der Waals surface area contributed by atoms with Gasteiger partial charge >= 0.3 is 6.03 Å². The molecule has 3 rings (SSSR count). The molecule has 1 aliphatic carbocycles. The summed E-state index contributed by atoms with van der Waals surface area (Å²) in [5.41, 5.74) is 2.37. The van der Waals surface area contributed by atoms with E-state index >= 15 is 0 Å². The van der Waals surface area contributed by atoms with Crippen molar-refractivity contribution in [1.29, 1.82) is 0 Å². The summed E-state index contributed by atoms with van der Waals surface area (Å²) in [4.78, 5) is 12.3. The number of rotatable bonds is 7. The molecule has 1 saturated carbocycles. The molecule has 2 N–H and O–H groups in total. The highest BCUT2D eigenvalue weighted by atomic mass is 16.5. The fourth-order valence-corrected chi connectivity index (χ4v) is 3.21. The third-order valence-electron chi connectivity index (χ3n) is 4.92. The molecule has 0 aliphatic heterocycles. The molecule has 0 bridgehead atoms. The number of hydrogen-bond acceptors (Lipinski definition) is 2. The summed E-state index contributed by atoms with van der Waals surface area (Å²) in [5, 5.41) is 6.15. The van der Waals surface area contributed by atoms with E-state index in [4.69, 9.17) is 4.74 Å². The molecular formula is C21H26N2O2. The largest absolute Gasteiger partial charge is 0.497 e. The Morgan fingerprint density at radius 3 is 2.44 bits per heavy atom. The zero-order valence-corrected chi connectivity index (χ0v) is 14.7. The van der Waals surface area contributed by atoms with Crippen molar-refractivity contribution in [1.82, 2.24) is 10.6 Å². The molecule has 2 amide bonds. The van der Waals surface area contributed by atoms with Crippen LogP contribution in [0.25, 0.3) is 0 Å². The average Bonchev–Trinajstić information content (AvgIpc) is 2.61. The normalized spacial score (nSPS) is 15.1. The zero-order valence-electron chi connectivity index (χ0n) is 14.7. The Balaban J connectivity index is 1.49. The molecular weight excluding hydrogens is 312 g/mol. The summed E-state index contributed by atoms with van der Waals surface area (Å²) >= 11 is 0. The Hall–Kier alpha value is -2.49. The van der Waals surface area contributed by atoms with E-state index in [1.807, 2.05) is 42.5 Å². The van der Waals surface area contributed by atoms with Gasteiger partial charge in [0.1, 0.15) is 5.75 Å². The predicted octanol–water partition coefficient (Wildman–Crippen LogP) is 4.08. The lowest BCUT2D eigenvalue weighted by Gasteiger charge is -2.34. The molecule has 0 aromatic heterocycles. The first kappa shape index (κ1) is 17.3. The fraction of sp³-hybridized carbons (Fsp3) is 0.381. The van der Waals surface area contributed by atoms with Gasteiger partial charge in [-0.15, -0.1) is 0 Å². The summed E-state index contributed by atoms with van der Waals surface area (Å²) in [7, 11) is 1.66. The van der Waals surface area contributed by atoms with E-state index in [1.54, 1.807) is 7.11 Å². The number of amides is 2. The topological polar surface area (TPSA) is 50.4 Å². The molecule has 0 saturated heterocycles. The highest BCUT2D eigenvalue weighted by molar-refractivity contribution is 5.74. The quantitative estimate of drug-likeness (QED) is 0.799. The number of hydrogen-bond donors (Lipinski definition) is 2. The van der Waals surface area contributed by atoms with Gasteiger partial charge in [-0.1, -0.05) is 48.9 Å². The number of urea groups is 1. The van der Waals surface area contributed by atoms with Crippen molar-refractivity contribution >= 4 is 6.03 Å². The van der Waals surface area contributed by atoms with Crippen molar-refractivity contribution in [2.24, 2.45) is 5.92 Å². The summed E-state index contributed by atoms with van der Waals surface area (Å²) in [6, 6.07) is 18.2. The molecule has 1 unspecified atom stereocenters. The molecule has 132 valence electrons. The fourth-order valence-electron chi connectivity index (χ4n) is 3.21. The van der Waals surface area contributed by atoms with Crippen molar-refractivity contribution in [3.8, 4) is 5.75 Å². The van der Waals surface area contributed by atoms with E-state index in [0.717, 1.165) is 12.2 Å². The molecule has 1 fully saturated rings. The molecule has 4 nitrogen and oxygen atoms in total. The van der Waals surface area contributed by atoms with E-state index in [9.17, 15) is 4.79 Å². The van der Waals surface area contributed by atoms with Crippen molar-refractivity contribution in [3.63, 3.8) is 0 Å². The van der Waals surface area contributed by atoms with E-state index < -0.39 is 0 Å². The monoisotopic (exact) mass is 338 g/mol. The molecule has 2 aromatic rings. The lowest BCUT2D eigenvalue weighted by Crippen LogP contribution is -2.42. The second kappa shape index (κ2) is 8.56. The van der Waals surface area contributed by atoms with Gasteiger partial charge in [0.05, 0.1) is 13.2 Å². The van der Waals surface area contributed by atoms with Gasteiger partial charge in [0.2, 0.25) is 0 Å². The number of carbonyl (C=O) groups excluding carboxylic acids is 1. The molecule has 0 spiro atoms. The minimum atomic E-state index is -0.0886. The van der Waals surface area contributed by atoms with Crippen LogP contribution in [0, 0.1) is 5.92 Å². The maximum absolute atomic E-state index is 12.3. The summed E-state index contributed by atoms with van der Waals surface area (Å²) < 4.78 is 5.16. The van der Waals surface area contributed by atoms with Gasteiger partial charge in [-0.2, -0.15) is 0 Å². The SMILES string of the molecule is COc1ccc(CCNC(=O)NC(c2ccccc2)C2CCC2)cc1. The molecule has 4 heteroatoms. The Kier molecular flexibility index (Phi) is 5.94. The Bertz CT molecular complexity index is 666. The smallest absolute Gasteiger partial charge is 0.315 e. The van der Waals surface area contributed by atoms with E-state index in [-0.39, 0.29) is 12.1 Å². The lowest BCUT2D eigenvalue weighted by atomic mass is 9.77. The highest BCUT2D eigenvalue weighted by Crippen LogP contribution is 2.37. The molecule has 0 heterocycles. The van der Waals surface area contributed by atoms with E-state index in [1.165, 1.54) is 30.4 Å². The highest BCUT2D eigenvalue weighted by Gasteiger charge is 2.29. The van der Waals surface area contributed by atoms with Gasteiger partial charge in [0, 0.05) is 6.54 Å². The first-order valence-electron chi connectivity index (χ1n) is 8.98. The standard InChI is InChI=1S/C21H26N2O2/c1-25-19-12-10-16(11-13-19)14-15-22-21(24)23-20(18-8-5-9-18)17-6-3-2-4-7-17/h2-4,6-7,10-13,18,20H,5,8-9,14-15H2,1H3,(H2,22,23,24). The first-order valence-corrected chi connectivity index (χ1v) is 8.98. The van der Waals surface area contributed by atoms with Gasteiger partial charge in [-0.05, 0) is 48.4 Å². The van der Waals surface area contributed by atoms with Crippen LogP contribution in [-0.4, -0.2) is 19.7 Å². The van der Waals surface area contributed by atoms with Gasteiger partial charge in [-0.25, -0.2) is 4.79 Å². The number of benzene rings is 2. The van der Waals surface area contributed by atoms with Crippen LogP contribution >= 0.6 is 0 Å². The number of carbonyl (C=O) groups is 1. The van der Waals surface area contributed by atoms with Crippen molar-refractivity contribution in [3.05, 3.63) is 65.7 Å². The van der Waals surface area contributed by atoms with Crippen LogP contribution in [0.1, 0.15) is 36.4 Å². The van der Waals surface area contributed by atoms with E-state index in [0.29, 0.717) is 12.5 Å².